The quantitative estimate of drug-likeness (QED) is 0.853. The van der Waals surface area contributed by atoms with Crippen LogP contribution >= 0.6 is 12.4 Å². The lowest BCUT2D eigenvalue weighted by Crippen LogP contribution is -2.47. The van der Waals surface area contributed by atoms with Crippen molar-refractivity contribution in [3.05, 3.63) is 53.9 Å². The lowest BCUT2D eigenvalue weighted by molar-refractivity contribution is -0.134. The van der Waals surface area contributed by atoms with Crippen LogP contribution in [0.25, 0.3) is 0 Å². The molecule has 1 saturated heterocycles. The van der Waals surface area contributed by atoms with Crippen LogP contribution in [-0.4, -0.2) is 41.5 Å². The summed E-state index contributed by atoms with van der Waals surface area (Å²) >= 11 is 0. The Labute approximate surface area is 141 Å². The SMILES string of the molecule is Cl.O=C(NCc1cnn(Cc2ccccc2)c1)C1CNCCO1. The van der Waals surface area contributed by atoms with Crippen molar-refractivity contribution in [2.75, 3.05) is 19.7 Å². The molecule has 0 saturated carbocycles. The van der Waals surface area contributed by atoms with Crippen LogP contribution in [0.4, 0.5) is 0 Å². The number of ether oxygens (including phenoxy) is 1. The van der Waals surface area contributed by atoms with Crippen LogP contribution in [0, 0.1) is 0 Å². The second kappa shape index (κ2) is 8.67. The number of halogens is 1. The third kappa shape index (κ3) is 5.06. The monoisotopic (exact) mass is 336 g/mol. The van der Waals surface area contributed by atoms with E-state index in [1.54, 1.807) is 6.20 Å². The predicted octanol–water partition coefficient (Wildman–Crippen LogP) is 0.958. The van der Waals surface area contributed by atoms with Gasteiger partial charge in [-0.25, -0.2) is 0 Å². The van der Waals surface area contributed by atoms with Crippen LogP contribution in [0.2, 0.25) is 0 Å². The number of benzene rings is 1. The van der Waals surface area contributed by atoms with Gasteiger partial charge >= 0.3 is 0 Å². The smallest absolute Gasteiger partial charge is 0.250 e. The molecule has 7 heteroatoms. The molecule has 23 heavy (non-hydrogen) atoms. The van der Waals surface area contributed by atoms with E-state index < -0.39 is 6.10 Å². The Hall–Kier alpha value is -1.89. The standard InChI is InChI=1S/C16H20N4O2.ClH/c21-16(15-10-17-6-7-22-15)18-8-14-9-19-20(12-14)11-13-4-2-1-3-5-13;/h1-5,9,12,15,17H,6-8,10-11H2,(H,18,21);1H. The van der Waals surface area contributed by atoms with Gasteiger partial charge in [0.15, 0.2) is 0 Å². The molecular formula is C16H21ClN4O2. The van der Waals surface area contributed by atoms with Crippen LogP contribution < -0.4 is 10.6 Å². The van der Waals surface area contributed by atoms with Crippen LogP contribution in [-0.2, 0) is 22.6 Å². The lowest BCUT2D eigenvalue weighted by Gasteiger charge is -2.22. The summed E-state index contributed by atoms with van der Waals surface area (Å²) in [5, 5.41) is 10.4. The highest BCUT2D eigenvalue weighted by molar-refractivity contribution is 5.85. The van der Waals surface area contributed by atoms with E-state index in [4.69, 9.17) is 4.74 Å². The van der Waals surface area contributed by atoms with Gasteiger partial charge in [-0.2, -0.15) is 5.10 Å². The van der Waals surface area contributed by atoms with Crippen molar-refractivity contribution in [3.8, 4) is 0 Å². The van der Waals surface area contributed by atoms with Crippen molar-refractivity contribution in [3.63, 3.8) is 0 Å². The summed E-state index contributed by atoms with van der Waals surface area (Å²) in [6.45, 7) is 3.14. The van der Waals surface area contributed by atoms with Gasteiger partial charge in [0.1, 0.15) is 6.10 Å². The fourth-order valence-electron chi connectivity index (χ4n) is 2.39. The van der Waals surface area contributed by atoms with Gasteiger partial charge in [0, 0.05) is 31.4 Å². The molecule has 1 amide bonds. The minimum absolute atomic E-state index is 0. The molecule has 1 aromatic carbocycles. The summed E-state index contributed by atoms with van der Waals surface area (Å²) in [6.07, 6.45) is 3.34. The fraction of sp³-hybridized carbons (Fsp3) is 0.375. The molecule has 124 valence electrons. The molecule has 1 aliphatic heterocycles. The third-order valence-corrected chi connectivity index (χ3v) is 3.56. The zero-order chi connectivity index (χ0) is 15.2. The fourth-order valence-corrected chi connectivity index (χ4v) is 2.39. The first-order valence-corrected chi connectivity index (χ1v) is 7.46. The maximum absolute atomic E-state index is 12.0. The molecule has 0 spiro atoms. The van der Waals surface area contributed by atoms with Gasteiger partial charge in [0.05, 0.1) is 19.3 Å². The zero-order valence-corrected chi connectivity index (χ0v) is 13.6. The summed E-state index contributed by atoms with van der Waals surface area (Å²) in [5.41, 5.74) is 2.18. The van der Waals surface area contributed by atoms with Gasteiger partial charge in [0.2, 0.25) is 0 Å². The van der Waals surface area contributed by atoms with Crippen LogP contribution in [0.5, 0.6) is 0 Å². The molecule has 2 aromatic rings. The highest BCUT2D eigenvalue weighted by Crippen LogP contribution is 2.04. The molecule has 0 aliphatic carbocycles. The van der Waals surface area contributed by atoms with Crippen molar-refractivity contribution < 1.29 is 9.53 Å². The number of carbonyl (C=O) groups is 1. The first-order valence-electron chi connectivity index (χ1n) is 7.46. The molecular weight excluding hydrogens is 316 g/mol. The maximum atomic E-state index is 12.0. The molecule has 0 radical (unpaired) electrons. The topological polar surface area (TPSA) is 68.2 Å². The predicted molar refractivity (Wildman–Crippen MR) is 89.5 cm³/mol. The lowest BCUT2D eigenvalue weighted by atomic mass is 10.2. The molecule has 1 aromatic heterocycles. The number of amides is 1. The third-order valence-electron chi connectivity index (χ3n) is 3.56. The molecule has 1 aliphatic rings. The minimum atomic E-state index is -0.395. The van der Waals surface area contributed by atoms with E-state index in [0.717, 1.165) is 18.7 Å². The number of nitrogens with zero attached hydrogens (tertiary/aromatic N) is 2. The Kier molecular flexibility index (Phi) is 6.58. The Balaban J connectivity index is 0.00000192. The maximum Gasteiger partial charge on any atom is 0.250 e. The van der Waals surface area contributed by atoms with Crippen LogP contribution in [0.1, 0.15) is 11.1 Å². The average molecular weight is 337 g/mol. The Morgan fingerprint density at radius 3 is 2.91 bits per heavy atom. The van der Waals surface area contributed by atoms with Crippen LogP contribution in [0.3, 0.4) is 0 Å². The molecule has 2 heterocycles. The van der Waals surface area contributed by atoms with E-state index in [1.807, 2.05) is 29.1 Å². The molecule has 3 rings (SSSR count). The number of carbonyl (C=O) groups excluding carboxylic acids is 1. The van der Waals surface area contributed by atoms with E-state index in [1.165, 1.54) is 5.56 Å². The largest absolute Gasteiger partial charge is 0.366 e. The number of morpholine rings is 1. The second-order valence-corrected chi connectivity index (χ2v) is 5.31. The number of rotatable bonds is 5. The van der Waals surface area contributed by atoms with Gasteiger partial charge in [-0.1, -0.05) is 30.3 Å². The number of hydrogen-bond donors (Lipinski definition) is 2. The first-order chi connectivity index (χ1) is 10.8. The molecule has 2 N–H and O–H groups in total. The van der Waals surface area contributed by atoms with Gasteiger partial charge in [-0.15, -0.1) is 12.4 Å². The minimum Gasteiger partial charge on any atom is -0.366 e. The molecule has 6 nitrogen and oxygen atoms in total. The van der Waals surface area contributed by atoms with Crippen molar-refractivity contribution in [1.82, 2.24) is 20.4 Å². The normalized spacial score (nSPS) is 17.3. The van der Waals surface area contributed by atoms with Gasteiger partial charge in [-0.3, -0.25) is 9.48 Å². The van der Waals surface area contributed by atoms with Crippen molar-refractivity contribution in [2.45, 2.75) is 19.2 Å². The number of nitrogens with one attached hydrogen (secondary N) is 2. The van der Waals surface area contributed by atoms with E-state index in [9.17, 15) is 4.79 Å². The van der Waals surface area contributed by atoms with E-state index in [0.29, 0.717) is 19.7 Å². The Morgan fingerprint density at radius 1 is 1.35 bits per heavy atom. The van der Waals surface area contributed by atoms with Crippen molar-refractivity contribution >= 4 is 18.3 Å². The van der Waals surface area contributed by atoms with Crippen molar-refractivity contribution in [1.29, 1.82) is 0 Å². The van der Waals surface area contributed by atoms with Gasteiger partial charge in [-0.05, 0) is 5.56 Å². The Morgan fingerprint density at radius 2 is 2.17 bits per heavy atom. The summed E-state index contributed by atoms with van der Waals surface area (Å²) < 4.78 is 7.29. The highest BCUT2D eigenvalue weighted by Gasteiger charge is 2.21. The summed E-state index contributed by atoms with van der Waals surface area (Å²) in [5.74, 6) is -0.0805. The van der Waals surface area contributed by atoms with E-state index >= 15 is 0 Å². The zero-order valence-electron chi connectivity index (χ0n) is 12.8. The summed E-state index contributed by atoms with van der Waals surface area (Å²) in [7, 11) is 0. The molecule has 1 unspecified atom stereocenters. The van der Waals surface area contributed by atoms with Crippen molar-refractivity contribution in [2.24, 2.45) is 0 Å². The van der Waals surface area contributed by atoms with Gasteiger partial charge in [0.25, 0.3) is 5.91 Å². The molecule has 0 bridgehead atoms. The number of hydrogen-bond acceptors (Lipinski definition) is 4. The van der Waals surface area contributed by atoms with E-state index in [2.05, 4.69) is 27.9 Å². The number of aromatic nitrogens is 2. The van der Waals surface area contributed by atoms with E-state index in [-0.39, 0.29) is 18.3 Å². The van der Waals surface area contributed by atoms with Crippen LogP contribution in [0.15, 0.2) is 42.7 Å². The molecule has 1 fully saturated rings. The second-order valence-electron chi connectivity index (χ2n) is 5.31. The summed E-state index contributed by atoms with van der Waals surface area (Å²) in [4.78, 5) is 12.0. The van der Waals surface area contributed by atoms with Gasteiger partial charge < -0.3 is 15.4 Å². The average Bonchev–Trinajstić information content (AvgIpc) is 3.02. The highest BCUT2D eigenvalue weighted by atomic mass is 35.5. The first kappa shape index (κ1) is 17.5. The Bertz CT molecular complexity index is 612. The summed E-state index contributed by atoms with van der Waals surface area (Å²) in [6, 6.07) is 10.2. The molecule has 1 atom stereocenters.